The molecule has 1 aromatic carbocycles. The number of rotatable bonds is 8. The van der Waals surface area contributed by atoms with Crippen molar-refractivity contribution in [1.82, 2.24) is 0 Å². The highest BCUT2D eigenvalue weighted by atomic mass is 32.1. The fourth-order valence-corrected chi connectivity index (χ4v) is 6.41. The van der Waals surface area contributed by atoms with Crippen LogP contribution in [0.4, 0.5) is 5.00 Å². The van der Waals surface area contributed by atoms with Gasteiger partial charge in [0.1, 0.15) is 10.8 Å². The van der Waals surface area contributed by atoms with Crippen molar-refractivity contribution >= 4 is 28.2 Å². The lowest BCUT2D eigenvalue weighted by Crippen LogP contribution is -2.24. The number of carbonyl (C=O) groups excluding carboxylic acids is 2. The molecule has 0 fully saturated rings. The van der Waals surface area contributed by atoms with Gasteiger partial charge in [0.05, 0.1) is 12.2 Å². The first-order valence-electron chi connectivity index (χ1n) is 12.2. The zero-order valence-electron chi connectivity index (χ0n) is 21.7. The van der Waals surface area contributed by atoms with E-state index >= 15 is 0 Å². The molecule has 6 heteroatoms. The highest BCUT2D eigenvalue weighted by Crippen LogP contribution is 2.40. The molecule has 0 unspecified atom stereocenters. The zero-order valence-corrected chi connectivity index (χ0v) is 22.5. The normalized spacial score (nSPS) is 16.0. The van der Waals surface area contributed by atoms with Crippen molar-refractivity contribution < 1.29 is 19.1 Å². The lowest BCUT2D eigenvalue weighted by atomic mass is 9.72. The Kier molecular flexibility index (Phi) is 8.12. The molecule has 0 radical (unpaired) electrons. The third-order valence-corrected chi connectivity index (χ3v) is 7.39. The fourth-order valence-electron chi connectivity index (χ4n) is 5.00. The van der Waals surface area contributed by atoms with Crippen LogP contribution in [0.2, 0.25) is 0 Å². The van der Waals surface area contributed by atoms with Gasteiger partial charge in [-0.05, 0) is 72.6 Å². The number of benzene rings is 1. The Morgan fingerprint density at radius 1 is 1.12 bits per heavy atom. The second-order valence-electron chi connectivity index (χ2n) is 11.3. The Hall–Kier alpha value is -2.34. The Bertz CT molecular complexity index is 1010. The summed E-state index contributed by atoms with van der Waals surface area (Å²) in [5.41, 5.74) is 3.08. The fraction of sp³-hybridized carbons (Fsp3) is 0.571. The van der Waals surface area contributed by atoms with E-state index in [-0.39, 0.29) is 29.3 Å². The van der Waals surface area contributed by atoms with Crippen LogP contribution in [0.25, 0.3) is 0 Å². The predicted molar refractivity (Wildman–Crippen MR) is 139 cm³/mol. The number of hydrogen-bond donors (Lipinski definition) is 1. The second-order valence-corrected chi connectivity index (χ2v) is 12.4. The van der Waals surface area contributed by atoms with E-state index in [0.717, 1.165) is 31.2 Å². The first-order chi connectivity index (χ1) is 15.9. The predicted octanol–water partition coefficient (Wildman–Crippen LogP) is 6.78. The van der Waals surface area contributed by atoms with E-state index in [9.17, 15) is 9.59 Å². The van der Waals surface area contributed by atoms with Crippen molar-refractivity contribution in [2.24, 2.45) is 11.3 Å². The minimum Gasteiger partial charge on any atom is -0.484 e. The van der Waals surface area contributed by atoms with Crippen molar-refractivity contribution in [2.75, 3.05) is 18.5 Å². The van der Waals surface area contributed by atoms with Gasteiger partial charge in [-0.25, -0.2) is 4.79 Å². The van der Waals surface area contributed by atoms with Crippen molar-refractivity contribution in [3.63, 3.8) is 0 Å². The summed E-state index contributed by atoms with van der Waals surface area (Å²) >= 11 is 1.49. The number of ether oxygens (including phenoxy) is 2. The number of fused-ring (bicyclic) bond motifs is 1. The summed E-state index contributed by atoms with van der Waals surface area (Å²) in [4.78, 5) is 26.5. The van der Waals surface area contributed by atoms with Gasteiger partial charge in [-0.15, -0.1) is 11.3 Å². The molecule has 0 saturated carbocycles. The number of nitrogens with one attached hydrogen (secondary N) is 1. The first kappa shape index (κ1) is 26.3. The summed E-state index contributed by atoms with van der Waals surface area (Å²) in [6, 6.07) is 7.99. The molecule has 0 spiro atoms. The molecule has 5 nitrogen and oxygen atoms in total. The third kappa shape index (κ3) is 6.62. The van der Waals surface area contributed by atoms with Crippen LogP contribution in [-0.2, 0) is 27.8 Å². The second kappa shape index (κ2) is 10.5. The van der Waals surface area contributed by atoms with Gasteiger partial charge in [-0.2, -0.15) is 0 Å². The average Bonchev–Trinajstić information content (AvgIpc) is 3.07. The van der Waals surface area contributed by atoms with Crippen molar-refractivity contribution in [1.29, 1.82) is 0 Å². The van der Waals surface area contributed by atoms with Crippen molar-refractivity contribution in [3.8, 4) is 5.75 Å². The molecule has 1 N–H and O–H groups in total. The summed E-state index contributed by atoms with van der Waals surface area (Å²) in [6.45, 7) is 15.5. The molecule has 1 heterocycles. The smallest absolute Gasteiger partial charge is 0.341 e. The third-order valence-electron chi connectivity index (χ3n) is 6.22. The largest absolute Gasteiger partial charge is 0.484 e. The summed E-state index contributed by atoms with van der Waals surface area (Å²) in [7, 11) is 0. The Morgan fingerprint density at radius 3 is 2.41 bits per heavy atom. The van der Waals surface area contributed by atoms with Gasteiger partial charge < -0.3 is 14.8 Å². The van der Waals surface area contributed by atoms with Gasteiger partial charge >= 0.3 is 5.97 Å². The monoisotopic (exact) mass is 485 g/mol. The number of anilines is 1. The average molecular weight is 486 g/mol. The van der Waals surface area contributed by atoms with E-state index in [1.807, 2.05) is 12.1 Å². The lowest BCUT2D eigenvalue weighted by molar-refractivity contribution is -0.118. The first-order valence-corrected chi connectivity index (χ1v) is 13.1. The molecule has 3 rings (SSSR count). The maximum absolute atomic E-state index is 12.7. The Balaban J connectivity index is 1.66. The molecule has 34 heavy (non-hydrogen) atoms. The van der Waals surface area contributed by atoms with Gasteiger partial charge in [-0.1, -0.05) is 53.7 Å². The van der Waals surface area contributed by atoms with E-state index in [1.54, 1.807) is 6.92 Å². The van der Waals surface area contributed by atoms with Crippen molar-refractivity contribution in [3.05, 3.63) is 45.8 Å². The SMILES string of the molecule is CCOC(=O)c1c(NC(=O)COc2ccc(C(C)(C)CC(C)(C)C)cc2)sc2c1CC[C@@H](C)C2. The van der Waals surface area contributed by atoms with E-state index < -0.39 is 0 Å². The van der Waals surface area contributed by atoms with Crippen LogP contribution < -0.4 is 10.1 Å². The summed E-state index contributed by atoms with van der Waals surface area (Å²) in [5.74, 6) is 0.577. The Labute approximate surface area is 208 Å². The van der Waals surface area contributed by atoms with Crippen LogP contribution in [0.1, 0.15) is 87.7 Å². The van der Waals surface area contributed by atoms with E-state index in [1.165, 1.54) is 21.8 Å². The van der Waals surface area contributed by atoms with Gasteiger partial charge in [0.15, 0.2) is 6.61 Å². The van der Waals surface area contributed by atoms with E-state index in [2.05, 4.69) is 59.0 Å². The number of carbonyl (C=O) groups is 2. The molecule has 0 bridgehead atoms. The van der Waals surface area contributed by atoms with Crippen LogP contribution in [0.15, 0.2) is 24.3 Å². The van der Waals surface area contributed by atoms with E-state index in [4.69, 9.17) is 9.47 Å². The zero-order chi connectivity index (χ0) is 25.1. The standard InChI is InChI=1S/C28H39NO4S/c1-8-32-26(31)24-21-14-9-18(2)15-22(21)34-25(24)29-23(30)16-33-20-12-10-19(11-13-20)28(6,7)17-27(3,4)5/h10-13,18H,8-9,14-17H2,1-7H3,(H,29,30)/t18-/m1/s1. The molecule has 186 valence electrons. The van der Waals surface area contributed by atoms with Gasteiger partial charge in [0.25, 0.3) is 5.91 Å². The molecule has 2 aromatic rings. The molecular weight excluding hydrogens is 446 g/mol. The lowest BCUT2D eigenvalue weighted by Gasteiger charge is -2.33. The minimum absolute atomic E-state index is 0.0490. The van der Waals surface area contributed by atoms with Crippen LogP contribution in [-0.4, -0.2) is 25.1 Å². The highest BCUT2D eigenvalue weighted by molar-refractivity contribution is 7.17. The Morgan fingerprint density at radius 2 is 1.79 bits per heavy atom. The number of esters is 1. The molecule has 0 aliphatic heterocycles. The molecule has 1 aliphatic carbocycles. The van der Waals surface area contributed by atoms with Crippen LogP contribution in [0, 0.1) is 11.3 Å². The van der Waals surface area contributed by atoms with Crippen LogP contribution >= 0.6 is 11.3 Å². The number of hydrogen-bond acceptors (Lipinski definition) is 5. The summed E-state index contributed by atoms with van der Waals surface area (Å²) in [6.07, 6.45) is 3.87. The molecule has 1 amide bonds. The van der Waals surface area contributed by atoms with E-state index in [0.29, 0.717) is 28.8 Å². The molecule has 1 aromatic heterocycles. The molecule has 1 atom stereocenters. The quantitative estimate of drug-likeness (QED) is 0.419. The maximum atomic E-state index is 12.7. The van der Waals surface area contributed by atoms with Crippen LogP contribution in [0.5, 0.6) is 5.75 Å². The molecular formula is C28H39NO4S. The molecule has 1 aliphatic rings. The topological polar surface area (TPSA) is 64.6 Å². The van der Waals surface area contributed by atoms with Crippen LogP contribution in [0.3, 0.4) is 0 Å². The number of amides is 1. The van der Waals surface area contributed by atoms with Crippen molar-refractivity contribution in [2.45, 2.75) is 79.6 Å². The molecule has 0 saturated heterocycles. The maximum Gasteiger partial charge on any atom is 0.341 e. The van der Waals surface area contributed by atoms with Gasteiger partial charge in [-0.3, -0.25) is 4.79 Å². The number of thiophene rings is 1. The van der Waals surface area contributed by atoms with Gasteiger partial charge in [0.2, 0.25) is 0 Å². The summed E-state index contributed by atoms with van der Waals surface area (Å²) < 4.78 is 11.0. The van der Waals surface area contributed by atoms with Gasteiger partial charge in [0, 0.05) is 4.88 Å². The highest BCUT2D eigenvalue weighted by Gasteiger charge is 2.29. The minimum atomic E-state index is -0.362. The summed E-state index contributed by atoms with van der Waals surface area (Å²) in [5, 5.41) is 3.48.